The second kappa shape index (κ2) is 7.16. The van der Waals surface area contributed by atoms with E-state index in [0.717, 1.165) is 5.46 Å². The first-order chi connectivity index (χ1) is 13.7. The van der Waals surface area contributed by atoms with E-state index in [2.05, 4.69) is 66.7 Å². The molecule has 1 radical (unpaired) electrons. The highest BCUT2D eigenvalue weighted by molar-refractivity contribution is 6.48. The zero-order valence-corrected chi connectivity index (χ0v) is 17.9. The molecule has 0 bridgehead atoms. The van der Waals surface area contributed by atoms with Gasteiger partial charge in [-0.25, -0.2) is 0 Å². The van der Waals surface area contributed by atoms with Gasteiger partial charge in [-0.3, -0.25) is 0 Å². The smallest absolute Gasteiger partial charge is 0.330 e. The van der Waals surface area contributed by atoms with Gasteiger partial charge in [0.1, 0.15) is 0 Å². The van der Waals surface area contributed by atoms with Crippen molar-refractivity contribution in [1.29, 1.82) is 0 Å². The molecule has 3 heteroatoms. The maximum absolute atomic E-state index is 10.9. The third kappa shape index (κ3) is 3.33. The summed E-state index contributed by atoms with van der Waals surface area (Å²) in [4.78, 5) is 0. The summed E-state index contributed by atoms with van der Waals surface area (Å²) in [6, 6.07) is 23.6. The molecule has 0 saturated carbocycles. The van der Waals surface area contributed by atoms with E-state index in [0.29, 0.717) is 0 Å². The third-order valence-electron chi connectivity index (χ3n) is 6.60. The zero-order chi connectivity index (χ0) is 20.8. The van der Waals surface area contributed by atoms with Crippen molar-refractivity contribution < 1.29 is 9.76 Å². The molecular formula is C26H28BO2. The molecule has 0 aliphatic heterocycles. The van der Waals surface area contributed by atoms with Crippen LogP contribution in [0.25, 0.3) is 32.3 Å². The maximum Gasteiger partial charge on any atom is 0.330 e. The van der Waals surface area contributed by atoms with E-state index in [4.69, 9.17) is 4.65 Å². The normalized spacial score (nSPS) is 14.6. The average Bonchev–Trinajstić information content (AvgIpc) is 2.72. The van der Waals surface area contributed by atoms with Crippen LogP contribution in [0.2, 0.25) is 0 Å². The fourth-order valence-electron chi connectivity index (χ4n) is 4.03. The molecule has 4 aromatic rings. The van der Waals surface area contributed by atoms with Crippen LogP contribution in [0.3, 0.4) is 0 Å². The van der Waals surface area contributed by atoms with Crippen LogP contribution in [-0.4, -0.2) is 23.8 Å². The summed E-state index contributed by atoms with van der Waals surface area (Å²) in [5.74, 6) is 0.0813. The van der Waals surface area contributed by atoms with E-state index in [1.807, 2.05) is 34.6 Å². The Morgan fingerprint density at radius 1 is 0.724 bits per heavy atom. The molecule has 0 amide bonds. The van der Waals surface area contributed by atoms with Crippen LogP contribution in [0, 0.1) is 5.92 Å². The van der Waals surface area contributed by atoms with Gasteiger partial charge < -0.3 is 9.76 Å². The molecule has 1 N–H and O–H groups in total. The van der Waals surface area contributed by atoms with Crippen LogP contribution >= 0.6 is 0 Å². The SMILES string of the molecule is CC(C)C(C)(O)C(C)(C)O[B]c1ccc2c3ccccc3c3ccccc3c2c1. The molecule has 4 rings (SSSR count). The van der Waals surface area contributed by atoms with Crippen LogP contribution in [0.5, 0.6) is 0 Å². The van der Waals surface area contributed by atoms with Gasteiger partial charge in [-0.15, -0.1) is 0 Å². The average molecular weight is 383 g/mol. The summed E-state index contributed by atoms with van der Waals surface area (Å²) in [6.45, 7) is 9.74. The second-order valence-corrected chi connectivity index (χ2v) is 8.94. The number of benzene rings is 4. The fraction of sp³-hybridized carbons (Fsp3) is 0.308. The highest BCUT2D eigenvalue weighted by Gasteiger charge is 2.42. The number of hydrogen-bond acceptors (Lipinski definition) is 2. The zero-order valence-electron chi connectivity index (χ0n) is 17.9. The van der Waals surface area contributed by atoms with Gasteiger partial charge in [-0.05, 0) is 59.0 Å². The van der Waals surface area contributed by atoms with Gasteiger partial charge >= 0.3 is 7.48 Å². The van der Waals surface area contributed by atoms with E-state index in [1.54, 1.807) is 7.48 Å². The monoisotopic (exact) mass is 383 g/mol. The Labute approximate surface area is 173 Å². The molecule has 0 spiro atoms. The number of aliphatic hydroxyl groups is 1. The van der Waals surface area contributed by atoms with Crippen molar-refractivity contribution in [3.63, 3.8) is 0 Å². The Hall–Kier alpha value is -2.36. The Bertz CT molecular complexity index is 1160. The minimum Gasteiger partial charge on any atom is -0.427 e. The van der Waals surface area contributed by atoms with E-state index in [1.165, 1.54) is 32.3 Å². The molecule has 0 aliphatic rings. The summed E-state index contributed by atoms with van der Waals surface area (Å²) in [6.07, 6.45) is 0. The minimum absolute atomic E-state index is 0.0813. The minimum atomic E-state index is -0.941. The Kier molecular flexibility index (Phi) is 4.92. The lowest BCUT2D eigenvalue weighted by molar-refractivity contribution is -0.129. The Morgan fingerprint density at radius 2 is 1.17 bits per heavy atom. The van der Waals surface area contributed by atoms with Crippen LogP contribution in [0.15, 0.2) is 66.7 Å². The van der Waals surface area contributed by atoms with Crippen molar-refractivity contribution >= 4 is 45.3 Å². The molecule has 0 aliphatic carbocycles. The van der Waals surface area contributed by atoms with E-state index in [9.17, 15) is 5.11 Å². The van der Waals surface area contributed by atoms with Gasteiger partial charge in [0.2, 0.25) is 0 Å². The summed E-state index contributed by atoms with van der Waals surface area (Å²) in [7, 11) is 1.78. The topological polar surface area (TPSA) is 29.5 Å². The molecule has 29 heavy (non-hydrogen) atoms. The largest absolute Gasteiger partial charge is 0.427 e. The van der Waals surface area contributed by atoms with Gasteiger partial charge in [0, 0.05) is 0 Å². The fourth-order valence-corrected chi connectivity index (χ4v) is 4.03. The lowest BCUT2D eigenvalue weighted by atomic mass is 9.76. The molecule has 2 nitrogen and oxygen atoms in total. The van der Waals surface area contributed by atoms with Crippen molar-refractivity contribution in [2.24, 2.45) is 5.92 Å². The van der Waals surface area contributed by atoms with Gasteiger partial charge in [0.15, 0.2) is 0 Å². The summed E-state index contributed by atoms with van der Waals surface area (Å²) >= 11 is 0. The summed E-state index contributed by atoms with van der Waals surface area (Å²) in [5.41, 5.74) is -0.657. The van der Waals surface area contributed by atoms with Crippen molar-refractivity contribution in [3.8, 4) is 0 Å². The van der Waals surface area contributed by atoms with E-state index >= 15 is 0 Å². The van der Waals surface area contributed by atoms with Crippen LogP contribution in [0.4, 0.5) is 0 Å². The first-order valence-electron chi connectivity index (χ1n) is 10.3. The van der Waals surface area contributed by atoms with Gasteiger partial charge in [-0.1, -0.05) is 86.0 Å². The van der Waals surface area contributed by atoms with Gasteiger partial charge in [-0.2, -0.15) is 0 Å². The van der Waals surface area contributed by atoms with Crippen molar-refractivity contribution in [3.05, 3.63) is 66.7 Å². The molecule has 0 saturated heterocycles. The summed E-state index contributed by atoms with van der Waals surface area (Å²) in [5, 5.41) is 18.4. The second-order valence-electron chi connectivity index (χ2n) is 8.94. The number of fused-ring (bicyclic) bond motifs is 6. The van der Waals surface area contributed by atoms with Crippen LogP contribution in [-0.2, 0) is 4.65 Å². The van der Waals surface area contributed by atoms with Gasteiger partial charge in [0.05, 0.1) is 11.2 Å². The molecule has 147 valence electrons. The first-order valence-corrected chi connectivity index (χ1v) is 10.3. The van der Waals surface area contributed by atoms with E-state index < -0.39 is 11.2 Å². The highest BCUT2D eigenvalue weighted by Crippen LogP contribution is 2.35. The molecule has 0 fully saturated rings. The quantitative estimate of drug-likeness (QED) is 0.359. The van der Waals surface area contributed by atoms with Crippen molar-refractivity contribution in [1.82, 2.24) is 0 Å². The standard InChI is InChI=1S/C26H28BO2/c1-17(2)26(5,28)25(3,4)29-27-18-14-15-23-21-12-7-6-10-19(21)20-11-8-9-13-22(20)24(23)16-18/h6-17,28H,1-5H3. The lowest BCUT2D eigenvalue weighted by Crippen LogP contribution is -2.54. The maximum atomic E-state index is 10.9. The third-order valence-corrected chi connectivity index (χ3v) is 6.60. The number of rotatable bonds is 5. The molecule has 0 aromatic heterocycles. The predicted octanol–water partition coefficient (Wildman–Crippen LogP) is 5.59. The van der Waals surface area contributed by atoms with Crippen molar-refractivity contribution in [2.75, 3.05) is 0 Å². The van der Waals surface area contributed by atoms with Crippen molar-refractivity contribution in [2.45, 2.75) is 45.8 Å². The first kappa shape index (κ1) is 19.9. The van der Waals surface area contributed by atoms with E-state index in [-0.39, 0.29) is 5.92 Å². The molecule has 1 unspecified atom stereocenters. The number of hydrogen-bond donors (Lipinski definition) is 1. The molecular weight excluding hydrogens is 355 g/mol. The predicted molar refractivity (Wildman–Crippen MR) is 125 cm³/mol. The summed E-state index contributed by atoms with van der Waals surface area (Å²) < 4.78 is 6.12. The Morgan fingerprint density at radius 3 is 1.66 bits per heavy atom. The lowest BCUT2D eigenvalue weighted by Gasteiger charge is -2.43. The van der Waals surface area contributed by atoms with Crippen LogP contribution < -0.4 is 5.46 Å². The molecule has 4 aromatic carbocycles. The Balaban J connectivity index is 1.79. The molecule has 1 atom stereocenters. The highest BCUT2D eigenvalue weighted by atomic mass is 16.5. The molecule has 0 heterocycles. The van der Waals surface area contributed by atoms with Crippen LogP contribution in [0.1, 0.15) is 34.6 Å². The van der Waals surface area contributed by atoms with Gasteiger partial charge in [0.25, 0.3) is 0 Å².